The predicted molar refractivity (Wildman–Crippen MR) is 272 cm³/mol. The molecule has 0 aliphatic carbocycles. The largest absolute Gasteiger partial charge is 0.457 e. The smallest absolute Gasteiger partial charge is 0.137 e. The summed E-state index contributed by atoms with van der Waals surface area (Å²) >= 11 is 0. The monoisotopic (exact) mass is 846 g/mol. The maximum absolute atomic E-state index is 6.86. The standard InChI is InChI=1S/C57H62N4OSi/c1-55(2,3)40-27-28-58-54(33-40)61-50-26-23-47(63(10,11)12)36-49(50)48-24-22-46(35-52(48)61)62-45-20-16-19-43(34-45)59-37-60(44-31-41(56(4,5)6)30-42(32-44)57(7,8)9)51-25-21-39(29-53(51)59)38-17-14-13-15-18-38/h13-36H,37H2,1-12H3. The van der Waals surface area contributed by atoms with Gasteiger partial charge in [-0.2, -0.15) is 0 Å². The Morgan fingerprint density at radius 2 is 1.17 bits per heavy atom. The summed E-state index contributed by atoms with van der Waals surface area (Å²) in [7, 11) is -1.56. The molecule has 5 nitrogen and oxygen atoms in total. The topological polar surface area (TPSA) is 33.5 Å². The van der Waals surface area contributed by atoms with E-state index in [-0.39, 0.29) is 16.2 Å². The Kier molecular flexibility index (Phi) is 10.3. The molecule has 0 amide bonds. The second kappa shape index (κ2) is 15.3. The molecule has 3 heterocycles. The quantitative estimate of drug-likeness (QED) is 0.150. The van der Waals surface area contributed by atoms with Gasteiger partial charge >= 0.3 is 0 Å². The summed E-state index contributed by atoms with van der Waals surface area (Å²) in [6.45, 7) is 28.5. The molecule has 0 saturated carbocycles. The highest BCUT2D eigenvalue weighted by atomic mass is 28.3. The van der Waals surface area contributed by atoms with Crippen LogP contribution in [0.5, 0.6) is 11.5 Å². The molecule has 2 aromatic heterocycles. The van der Waals surface area contributed by atoms with Crippen LogP contribution in [0.2, 0.25) is 19.6 Å². The van der Waals surface area contributed by atoms with E-state index in [2.05, 4.69) is 236 Å². The predicted octanol–water partition coefficient (Wildman–Crippen LogP) is 15.3. The lowest BCUT2D eigenvalue weighted by molar-refractivity contribution is 0.483. The van der Waals surface area contributed by atoms with Gasteiger partial charge in [0.2, 0.25) is 0 Å². The van der Waals surface area contributed by atoms with Crippen molar-refractivity contribution in [3.8, 4) is 28.4 Å². The lowest BCUT2D eigenvalue weighted by Gasteiger charge is -2.29. The van der Waals surface area contributed by atoms with Crippen molar-refractivity contribution in [2.45, 2.75) is 98.2 Å². The van der Waals surface area contributed by atoms with Gasteiger partial charge in [0, 0.05) is 40.5 Å². The van der Waals surface area contributed by atoms with E-state index in [4.69, 9.17) is 9.72 Å². The highest BCUT2D eigenvalue weighted by molar-refractivity contribution is 6.88. The summed E-state index contributed by atoms with van der Waals surface area (Å²) in [4.78, 5) is 9.87. The number of aromatic nitrogens is 2. The minimum atomic E-state index is -1.56. The molecule has 63 heavy (non-hydrogen) atoms. The first-order chi connectivity index (χ1) is 29.7. The number of hydrogen-bond donors (Lipinski definition) is 0. The van der Waals surface area contributed by atoms with Crippen LogP contribution in [0.25, 0.3) is 38.8 Å². The number of anilines is 4. The molecular weight excluding hydrogens is 785 g/mol. The summed E-state index contributed by atoms with van der Waals surface area (Å²) in [5.41, 5.74) is 13.2. The molecule has 0 fully saturated rings. The molecule has 1 aliphatic heterocycles. The first kappa shape index (κ1) is 42.2. The van der Waals surface area contributed by atoms with E-state index in [1.54, 1.807) is 0 Å². The van der Waals surface area contributed by atoms with Crippen LogP contribution in [0.4, 0.5) is 22.7 Å². The van der Waals surface area contributed by atoms with Crippen molar-refractivity contribution in [1.82, 2.24) is 9.55 Å². The Balaban J connectivity index is 1.13. The number of rotatable bonds is 7. The maximum Gasteiger partial charge on any atom is 0.137 e. The summed E-state index contributed by atoms with van der Waals surface area (Å²) in [5.74, 6) is 2.48. The van der Waals surface area contributed by atoms with Crippen LogP contribution in [0, 0.1) is 0 Å². The molecule has 0 N–H and O–H groups in total. The van der Waals surface area contributed by atoms with Crippen LogP contribution in [0.15, 0.2) is 146 Å². The van der Waals surface area contributed by atoms with Crippen molar-refractivity contribution >= 4 is 57.8 Å². The number of fused-ring (bicyclic) bond motifs is 4. The molecule has 8 aromatic rings. The maximum atomic E-state index is 6.86. The lowest BCUT2D eigenvalue weighted by Crippen LogP contribution is -2.37. The third-order valence-corrected chi connectivity index (χ3v) is 14.8. The van der Waals surface area contributed by atoms with Crippen molar-refractivity contribution in [3.05, 3.63) is 162 Å². The van der Waals surface area contributed by atoms with E-state index in [0.29, 0.717) is 6.67 Å². The zero-order valence-corrected chi connectivity index (χ0v) is 40.3. The van der Waals surface area contributed by atoms with Crippen molar-refractivity contribution < 1.29 is 4.74 Å². The SMILES string of the molecule is CC(C)(C)c1cc(N2CN(c3cccc(Oc4ccc5c6cc([Si](C)(C)C)ccc6n(-c6cc(C(C)(C)C)ccn6)c5c4)c3)c3cc(-c4ccccc4)ccc32)cc(C(C)(C)C)c1. The lowest BCUT2D eigenvalue weighted by atomic mass is 9.80. The van der Waals surface area contributed by atoms with Crippen LogP contribution >= 0.6 is 0 Å². The van der Waals surface area contributed by atoms with E-state index >= 15 is 0 Å². The number of hydrogen-bond acceptors (Lipinski definition) is 4. The third-order valence-electron chi connectivity index (χ3n) is 12.7. The average molecular weight is 847 g/mol. The molecule has 0 atom stereocenters. The first-order valence-electron chi connectivity index (χ1n) is 22.5. The average Bonchev–Trinajstić information content (AvgIpc) is 3.78. The van der Waals surface area contributed by atoms with Gasteiger partial charge in [-0.25, -0.2) is 4.98 Å². The third kappa shape index (κ3) is 8.18. The van der Waals surface area contributed by atoms with E-state index in [0.717, 1.165) is 34.0 Å². The van der Waals surface area contributed by atoms with Crippen LogP contribution < -0.4 is 19.7 Å². The van der Waals surface area contributed by atoms with Gasteiger partial charge in [0.1, 0.15) is 24.0 Å². The molecule has 0 unspecified atom stereocenters. The van der Waals surface area contributed by atoms with Crippen LogP contribution in [-0.2, 0) is 16.2 Å². The van der Waals surface area contributed by atoms with Gasteiger partial charge in [0.05, 0.1) is 30.5 Å². The van der Waals surface area contributed by atoms with Gasteiger partial charge in [-0.15, -0.1) is 0 Å². The molecule has 6 aromatic carbocycles. The second-order valence-corrected chi connectivity index (χ2v) is 26.7. The zero-order chi connectivity index (χ0) is 44.6. The van der Waals surface area contributed by atoms with Gasteiger partial charge in [-0.05, 0) is 111 Å². The van der Waals surface area contributed by atoms with Gasteiger partial charge < -0.3 is 14.5 Å². The Bertz CT molecular complexity index is 2980. The van der Waals surface area contributed by atoms with E-state index in [1.807, 2.05) is 6.20 Å². The summed E-state index contributed by atoms with van der Waals surface area (Å²) in [6.07, 6.45) is 1.95. The van der Waals surface area contributed by atoms with Gasteiger partial charge in [-0.3, -0.25) is 4.57 Å². The molecule has 1 aliphatic rings. The summed E-state index contributed by atoms with van der Waals surface area (Å²) in [5, 5.41) is 3.88. The van der Waals surface area contributed by atoms with Crippen molar-refractivity contribution in [1.29, 1.82) is 0 Å². The Labute approximate surface area is 376 Å². The summed E-state index contributed by atoms with van der Waals surface area (Å²) < 4.78 is 9.18. The van der Waals surface area contributed by atoms with Crippen molar-refractivity contribution in [2.75, 3.05) is 16.5 Å². The van der Waals surface area contributed by atoms with Gasteiger partial charge in [0.25, 0.3) is 0 Å². The highest BCUT2D eigenvalue weighted by Gasteiger charge is 2.31. The van der Waals surface area contributed by atoms with E-state index in [9.17, 15) is 0 Å². The molecule has 6 heteroatoms. The number of pyridine rings is 1. The summed E-state index contributed by atoms with van der Waals surface area (Å²) in [6, 6.07) is 51.3. The number of ether oxygens (including phenoxy) is 1. The normalized spacial score (nSPS) is 13.6. The minimum Gasteiger partial charge on any atom is -0.457 e. The van der Waals surface area contributed by atoms with Crippen LogP contribution in [-0.4, -0.2) is 24.3 Å². The highest BCUT2D eigenvalue weighted by Crippen LogP contribution is 2.48. The molecule has 0 saturated heterocycles. The Morgan fingerprint density at radius 1 is 0.492 bits per heavy atom. The molecule has 0 spiro atoms. The zero-order valence-electron chi connectivity index (χ0n) is 39.3. The number of nitrogens with zero attached hydrogens (tertiary/aromatic N) is 4. The van der Waals surface area contributed by atoms with Crippen molar-refractivity contribution in [2.24, 2.45) is 0 Å². The number of benzene rings is 6. The van der Waals surface area contributed by atoms with Crippen molar-refractivity contribution in [3.63, 3.8) is 0 Å². The first-order valence-corrected chi connectivity index (χ1v) is 26.0. The molecule has 9 rings (SSSR count). The molecular formula is C57H62N4OSi. The molecule has 320 valence electrons. The van der Waals surface area contributed by atoms with Gasteiger partial charge in [0.15, 0.2) is 0 Å². The fourth-order valence-corrected chi connectivity index (χ4v) is 9.94. The second-order valence-electron chi connectivity index (χ2n) is 21.6. The fraction of sp³-hybridized carbons (Fsp3) is 0.281. The molecule has 0 radical (unpaired) electrons. The molecule has 0 bridgehead atoms. The Hall–Kier alpha value is -6.11. The fourth-order valence-electron chi connectivity index (χ4n) is 8.78. The van der Waals surface area contributed by atoms with Crippen LogP contribution in [0.3, 0.4) is 0 Å². The minimum absolute atomic E-state index is 0.00234. The Morgan fingerprint density at radius 3 is 1.86 bits per heavy atom. The van der Waals surface area contributed by atoms with Gasteiger partial charge in [-0.1, -0.05) is 148 Å². The van der Waals surface area contributed by atoms with E-state index < -0.39 is 8.07 Å². The van der Waals surface area contributed by atoms with E-state index in [1.165, 1.54) is 60.8 Å². The van der Waals surface area contributed by atoms with Crippen LogP contribution in [0.1, 0.15) is 79.0 Å².